The molecule has 1 aromatic rings. The lowest BCUT2D eigenvalue weighted by Gasteiger charge is -2.12. The molecule has 0 aromatic heterocycles. The molecule has 1 unspecified atom stereocenters. The summed E-state index contributed by atoms with van der Waals surface area (Å²) in [6, 6.07) is 1.96. The van der Waals surface area contributed by atoms with Crippen molar-refractivity contribution < 1.29 is 28.2 Å². The number of aliphatic hydroxyl groups excluding tert-OH is 1. The Morgan fingerprint density at radius 2 is 2.11 bits per heavy atom. The molecule has 0 aliphatic heterocycles. The molecule has 1 N–H and O–H groups in total. The van der Waals surface area contributed by atoms with Gasteiger partial charge in [0, 0.05) is 0 Å². The van der Waals surface area contributed by atoms with E-state index in [2.05, 4.69) is 9.47 Å². The lowest BCUT2D eigenvalue weighted by Crippen LogP contribution is -2.10. The summed E-state index contributed by atoms with van der Waals surface area (Å²) in [6.07, 6.45) is -1.60. The first-order valence-electron chi connectivity index (χ1n) is 5.36. The summed E-state index contributed by atoms with van der Waals surface area (Å²) in [4.78, 5) is 11.2. The third-order valence-electron chi connectivity index (χ3n) is 2.29. The molecule has 6 heteroatoms. The van der Waals surface area contributed by atoms with Gasteiger partial charge in [-0.2, -0.15) is 4.39 Å². The predicted molar refractivity (Wildman–Crippen MR) is 59.1 cm³/mol. The summed E-state index contributed by atoms with van der Waals surface area (Å²) in [5.41, 5.74) is 0.0544. The van der Waals surface area contributed by atoms with Crippen LogP contribution in [0.25, 0.3) is 0 Å². The molecular formula is C12H14F2O4. The first-order chi connectivity index (χ1) is 8.49. The Labute approximate surface area is 103 Å². The molecule has 1 aromatic carbocycles. The van der Waals surface area contributed by atoms with Crippen molar-refractivity contribution in [3.8, 4) is 5.75 Å². The fraction of sp³-hybridized carbons (Fsp3) is 0.417. The molecule has 1 rings (SSSR count). The number of rotatable bonds is 5. The van der Waals surface area contributed by atoms with E-state index in [4.69, 9.17) is 0 Å². The van der Waals surface area contributed by atoms with Crippen molar-refractivity contribution in [1.29, 1.82) is 0 Å². The minimum atomic E-state index is -1.27. The van der Waals surface area contributed by atoms with Crippen LogP contribution in [0.4, 0.5) is 8.78 Å². The molecule has 0 amide bonds. The number of esters is 1. The monoisotopic (exact) mass is 260 g/mol. The second-order valence-corrected chi connectivity index (χ2v) is 3.54. The Kier molecular flexibility index (Phi) is 5.03. The minimum absolute atomic E-state index is 0.0544. The van der Waals surface area contributed by atoms with Crippen molar-refractivity contribution in [2.24, 2.45) is 0 Å². The summed E-state index contributed by atoms with van der Waals surface area (Å²) in [5.74, 6) is -3.22. The van der Waals surface area contributed by atoms with E-state index >= 15 is 0 Å². The maximum atomic E-state index is 13.2. The first-order valence-corrected chi connectivity index (χ1v) is 5.36. The van der Waals surface area contributed by atoms with Crippen molar-refractivity contribution in [3.05, 3.63) is 29.3 Å². The number of aliphatic hydroxyl groups is 1. The third-order valence-corrected chi connectivity index (χ3v) is 2.29. The number of benzene rings is 1. The average molecular weight is 260 g/mol. The molecule has 100 valence electrons. The molecule has 0 fully saturated rings. The second kappa shape index (κ2) is 6.30. The minimum Gasteiger partial charge on any atom is -0.494 e. The highest BCUT2D eigenvalue weighted by Crippen LogP contribution is 2.27. The summed E-state index contributed by atoms with van der Waals surface area (Å²) in [5, 5.41) is 9.71. The van der Waals surface area contributed by atoms with Gasteiger partial charge in [-0.3, -0.25) is 4.79 Å². The smallest absolute Gasteiger partial charge is 0.308 e. The molecule has 1 atom stereocenters. The first kappa shape index (κ1) is 14.4. The Bertz CT molecular complexity index is 434. The van der Waals surface area contributed by atoms with E-state index in [1.165, 1.54) is 7.11 Å². The standard InChI is InChI=1S/C12H14F2O4/c1-3-18-11(16)6-9(15)7-4-8(13)12(14)10(5-7)17-2/h4-5,9,15H,3,6H2,1-2H3. The third kappa shape index (κ3) is 3.40. The van der Waals surface area contributed by atoms with Gasteiger partial charge in [-0.05, 0) is 24.6 Å². The number of carbonyl (C=O) groups excluding carboxylic acids is 1. The van der Waals surface area contributed by atoms with Gasteiger partial charge >= 0.3 is 5.97 Å². The van der Waals surface area contributed by atoms with Crippen molar-refractivity contribution in [2.75, 3.05) is 13.7 Å². The van der Waals surface area contributed by atoms with E-state index in [0.717, 1.165) is 12.1 Å². The molecule has 0 aliphatic carbocycles. The van der Waals surface area contributed by atoms with Gasteiger partial charge in [0.05, 0.1) is 26.2 Å². The number of carbonyl (C=O) groups is 1. The van der Waals surface area contributed by atoms with Crippen LogP contribution in [-0.4, -0.2) is 24.8 Å². The molecule has 0 aliphatic rings. The Morgan fingerprint density at radius 3 is 2.67 bits per heavy atom. The van der Waals surface area contributed by atoms with E-state index < -0.39 is 23.7 Å². The summed E-state index contributed by atoms with van der Waals surface area (Å²) >= 11 is 0. The zero-order chi connectivity index (χ0) is 13.7. The normalized spacial score (nSPS) is 12.1. The van der Waals surface area contributed by atoms with Crippen LogP contribution in [0, 0.1) is 11.6 Å². The summed E-state index contributed by atoms with van der Waals surface area (Å²) < 4.78 is 35.6. The van der Waals surface area contributed by atoms with Gasteiger partial charge in [0.15, 0.2) is 11.6 Å². The Hall–Kier alpha value is -1.69. The van der Waals surface area contributed by atoms with E-state index in [1.807, 2.05) is 0 Å². The topological polar surface area (TPSA) is 55.8 Å². The van der Waals surface area contributed by atoms with Crippen molar-refractivity contribution in [1.82, 2.24) is 0 Å². The molecule has 0 bridgehead atoms. The van der Waals surface area contributed by atoms with Crippen molar-refractivity contribution >= 4 is 5.97 Å². The lowest BCUT2D eigenvalue weighted by atomic mass is 10.1. The number of ether oxygens (including phenoxy) is 2. The fourth-order valence-electron chi connectivity index (χ4n) is 1.42. The molecular weight excluding hydrogens is 246 g/mol. The Morgan fingerprint density at radius 1 is 1.44 bits per heavy atom. The van der Waals surface area contributed by atoms with Crippen LogP contribution in [0.15, 0.2) is 12.1 Å². The van der Waals surface area contributed by atoms with Gasteiger partial charge in [0.2, 0.25) is 5.82 Å². The van der Waals surface area contributed by atoms with Gasteiger partial charge in [-0.1, -0.05) is 0 Å². The molecule has 0 radical (unpaired) electrons. The van der Waals surface area contributed by atoms with Crippen LogP contribution in [-0.2, 0) is 9.53 Å². The largest absolute Gasteiger partial charge is 0.494 e. The van der Waals surface area contributed by atoms with Crippen LogP contribution in [0.2, 0.25) is 0 Å². The van der Waals surface area contributed by atoms with Crippen LogP contribution in [0.1, 0.15) is 25.0 Å². The summed E-state index contributed by atoms with van der Waals surface area (Å²) in [6.45, 7) is 1.82. The van der Waals surface area contributed by atoms with Gasteiger partial charge in [-0.15, -0.1) is 0 Å². The molecule has 0 spiro atoms. The van der Waals surface area contributed by atoms with Crippen LogP contribution in [0.5, 0.6) is 5.75 Å². The van der Waals surface area contributed by atoms with Gasteiger partial charge < -0.3 is 14.6 Å². The van der Waals surface area contributed by atoms with E-state index in [9.17, 15) is 18.7 Å². The molecule has 0 saturated heterocycles. The number of halogens is 2. The quantitative estimate of drug-likeness (QED) is 0.822. The predicted octanol–water partition coefficient (Wildman–Crippen LogP) is 1.96. The van der Waals surface area contributed by atoms with Crippen LogP contribution in [0.3, 0.4) is 0 Å². The lowest BCUT2D eigenvalue weighted by molar-refractivity contribution is -0.145. The highest BCUT2D eigenvalue weighted by Gasteiger charge is 2.18. The number of hydrogen-bond acceptors (Lipinski definition) is 4. The van der Waals surface area contributed by atoms with Crippen LogP contribution < -0.4 is 4.74 Å². The van der Waals surface area contributed by atoms with E-state index in [1.54, 1.807) is 6.92 Å². The zero-order valence-corrected chi connectivity index (χ0v) is 10.1. The average Bonchev–Trinajstić information content (AvgIpc) is 2.32. The zero-order valence-electron chi connectivity index (χ0n) is 10.1. The summed E-state index contributed by atoms with van der Waals surface area (Å²) in [7, 11) is 1.18. The molecule has 4 nitrogen and oxygen atoms in total. The van der Waals surface area contributed by atoms with Gasteiger partial charge in [0.25, 0.3) is 0 Å². The molecule has 18 heavy (non-hydrogen) atoms. The highest BCUT2D eigenvalue weighted by atomic mass is 19.2. The van der Waals surface area contributed by atoms with Gasteiger partial charge in [0.1, 0.15) is 0 Å². The van der Waals surface area contributed by atoms with Crippen LogP contribution >= 0.6 is 0 Å². The van der Waals surface area contributed by atoms with Crippen molar-refractivity contribution in [3.63, 3.8) is 0 Å². The second-order valence-electron chi connectivity index (χ2n) is 3.54. The van der Waals surface area contributed by atoms with Gasteiger partial charge in [-0.25, -0.2) is 4.39 Å². The SMILES string of the molecule is CCOC(=O)CC(O)c1cc(F)c(F)c(OC)c1. The van der Waals surface area contributed by atoms with E-state index in [0.29, 0.717) is 0 Å². The maximum absolute atomic E-state index is 13.2. The number of methoxy groups -OCH3 is 1. The van der Waals surface area contributed by atoms with Crippen molar-refractivity contribution in [2.45, 2.75) is 19.4 Å². The molecule has 0 saturated carbocycles. The fourth-order valence-corrected chi connectivity index (χ4v) is 1.42. The number of hydrogen-bond donors (Lipinski definition) is 1. The van der Waals surface area contributed by atoms with E-state index in [-0.39, 0.29) is 24.3 Å². The maximum Gasteiger partial charge on any atom is 0.308 e. The Balaban J connectivity index is 2.89. The molecule has 0 heterocycles. The highest BCUT2D eigenvalue weighted by molar-refractivity contribution is 5.70.